The minimum Gasteiger partial charge on any atom is -0.480 e. The third kappa shape index (κ3) is 14.9. The Morgan fingerprint density at radius 2 is 1.47 bits per heavy atom. The minimum atomic E-state index is -4.28. The van der Waals surface area contributed by atoms with Crippen LogP contribution in [0.1, 0.15) is 73.9 Å². The first-order valence-electron chi connectivity index (χ1n) is 30.3. The first-order valence-corrected chi connectivity index (χ1v) is 31.8. The molecule has 88 heavy (non-hydrogen) atoms. The Morgan fingerprint density at radius 3 is 2.22 bits per heavy atom. The first-order chi connectivity index (χ1) is 42.5. The van der Waals surface area contributed by atoms with Crippen molar-refractivity contribution < 1.29 is 46.1 Å². The van der Waals surface area contributed by atoms with Crippen LogP contribution in [0.15, 0.2) is 139 Å². The number of carboxylic acid groups (broad SMARTS) is 1. The van der Waals surface area contributed by atoms with Crippen molar-refractivity contribution in [3.05, 3.63) is 151 Å². The second-order valence-corrected chi connectivity index (χ2v) is 24.9. The Balaban J connectivity index is 0.653. The van der Waals surface area contributed by atoms with Crippen molar-refractivity contribution in [3.63, 3.8) is 0 Å². The summed E-state index contributed by atoms with van der Waals surface area (Å²) in [6, 6.07) is 35.3. The van der Waals surface area contributed by atoms with E-state index in [1.807, 2.05) is 78.5 Å². The number of nitrogens with one attached hydrogen (secondary N) is 2. The number of alkyl halides is 3. The third-order valence-electron chi connectivity index (χ3n) is 17.1. The molecule has 3 aromatic heterocycles. The highest BCUT2D eigenvalue weighted by Gasteiger charge is 2.42. The van der Waals surface area contributed by atoms with Gasteiger partial charge in [0, 0.05) is 149 Å². The third-order valence-corrected chi connectivity index (χ3v) is 18.5. The summed E-state index contributed by atoms with van der Waals surface area (Å²) in [5.41, 5.74) is 7.21. The molecule has 2 aliphatic heterocycles. The number of aliphatic carboxylic acids is 1. The highest BCUT2D eigenvalue weighted by atomic mass is 32.2. The molecular formula is C66H76F3N11O7S. The first kappa shape index (κ1) is 61.9. The molecule has 5 aromatic carbocycles. The van der Waals surface area contributed by atoms with E-state index in [0.29, 0.717) is 105 Å². The molecular weight excluding hydrogens is 1150 g/mol. The molecule has 8 aromatic rings. The van der Waals surface area contributed by atoms with Crippen LogP contribution in [0, 0.1) is 0 Å². The summed E-state index contributed by atoms with van der Waals surface area (Å²) in [7, 11) is -0.219. The van der Waals surface area contributed by atoms with Crippen LogP contribution < -0.4 is 19.8 Å². The monoisotopic (exact) mass is 1220 g/mol. The zero-order valence-corrected chi connectivity index (χ0v) is 50.5. The quantitative estimate of drug-likeness (QED) is 0.0393. The number of aliphatic hydroxyl groups excluding tert-OH is 1. The van der Waals surface area contributed by atoms with E-state index in [4.69, 9.17) is 24.4 Å². The van der Waals surface area contributed by atoms with Gasteiger partial charge in [0.2, 0.25) is 5.95 Å². The number of carbonyl (C=O) groups is 1. The van der Waals surface area contributed by atoms with Gasteiger partial charge in [-0.3, -0.25) is 14.5 Å². The lowest BCUT2D eigenvalue weighted by Crippen LogP contribution is -2.46. The molecule has 2 atom stereocenters. The van der Waals surface area contributed by atoms with Gasteiger partial charge in [-0.15, -0.1) is 0 Å². The van der Waals surface area contributed by atoms with Crippen molar-refractivity contribution in [3.8, 4) is 22.3 Å². The van der Waals surface area contributed by atoms with Crippen LogP contribution in [-0.2, 0) is 37.3 Å². The van der Waals surface area contributed by atoms with E-state index in [1.54, 1.807) is 48.8 Å². The predicted molar refractivity (Wildman–Crippen MR) is 336 cm³/mol. The van der Waals surface area contributed by atoms with E-state index >= 15 is 0 Å². The summed E-state index contributed by atoms with van der Waals surface area (Å²) in [4.78, 5) is 40.9. The number of hydrogen-bond donors (Lipinski definition) is 4. The van der Waals surface area contributed by atoms with Crippen molar-refractivity contribution in [2.45, 2.75) is 93.1 Å². The second kappa shape index (κ2) is 27.8. The number of rotatable bonds is 25. The number of sulfonamides is 1. The molecule has 0 amide bonds. The molecule has 1 saturated carbocycles. The van der Waals surface area contributed by atoms with E-state index in [9.17, 15) is 36.6 Å². The van der Waals surface area contributed by atoms with Crippen LogP contribution in [0.25, 0.3) is 44.1 Å². The number of aromatic nitrogens is 5. The van der Waals surface area contributed by atoms with E-state index in [2.05, 4.69) is 59.9 Å². The Hall–Kier alpha value is -7.73. The van der Waals surface area contributed by atoms with Crippen LogP contribution in [-0.4, -0.2) is 164 Å². The Morgan fingerprint density at radius 1 is 0.739 bits per heavy atom. The molecule has 464 valence electrons. The predicted octanol–water partition coefficient (Wildman–Crippen LogP) is 10.6. The van der Waals surface area contributed by atoms with Gasteiger partial charge in [0.1, 0.15) is 23.3 Å². The number of halogens is 3. The molecule has 2 unspecified atom stereocenters. The number of aliphatic hydroxyl groups is 1. The number of ether oxygens (including phenoxy) is 2. The fraction of sp³-hybridized carbons (Fsp3) is 0.409. The van der Waals surface area contributed by atoms with Gasteiger partial charge < -0.3 is 39.4 Å². The van der Waals surface area contributed by atoms with Gasteiger partial charge in [-0.2, -0.15) is 18.2 Å². The smallest absolute Gasteiger partial charge is 0.390 e. The molecule has 0 bridgehead atoms. The van der Waals surface area contributed by atoms with Gasteiger partial charge in [0.25, 0.3) is 10.0 Å². The van der Waals surface area contributed by atoms with E-state index in [-0.39, 0.29) is 35.5 Å². The molecule has 18 nitrogen and oxygen atoms in total. The van der Waals surface area contributed by atoms with Crippen molar-refractivity contribution in [2.75, 3.05) is 106 Å². The van der Waals surface area contributed by atoms with E-state index < -0.39 is 34.6 Å². The van der Waals surface area contributed by atoms with Crippen molar-refractivity contribution >= 4 is 60.9 Å². The number of benzene rings is 5. The maximum atomic E-state index is 14.1. The Bertz CT molecular complexity index is 3790. The summed E-state index contributed by atoms with van der Waals surface area (Å²) in [5, 5.41) is 26.0. The maximum Gasteiger partial charge on any atom is 0.390 e. The number of hydrogen-bond acceptors (Lipinski definition) is 15. The molecule has 0 radical (unpaired) electrons. The fourth-order valence-electron chi connectivity index (χ4n) is 12.5. The number of carboxylic acids is 1. The number of aryl methyl sites for hydroxylation is 1. The molecule has 11 rings (SSSR count). The molecule has 4 N–H and O–H groups in total. The Kier molecular flexibility index (Phi) is 19.5. The summed E-state index contributed by atoms with van der Waals surface area (Å²) in [5.74, 6) is -0.0752. The molecule has 2 saturated heterocycles. The van der Waals surface area contributed by atoms with Crippen molar-refractivity contribution in [2.24, 2.45) is 0 Å². The molecule has 5 heterocycles. The van der Waals surface area contributed by atoms with E-state index in [0.717, 1.165) is 85.3 Å². The normalized spacial score (nSPS) is 18.7. The lowest BCUT2D eigenvalue weighted by Gasteiger charge is -2.34. The van der Waals surface area contributed by atoms with Gasteiger partial charge in [-0.1, -0.05) is 91.0 Å². The highest BCUT2D eigenvalue weighted by Crippen LogP contribution is 2.42. The number of nitrogens with zero attached hydrogens (tertiary/aromatic N) is 9. The van der Waals surface area contributed by atoms with Crippen LogP contribution in [0.4, 0.5) is 36.3 Å². The lowest BCUT2D eigenvalue weighted by atomic mass is 9.91. The Labute approximate surface area is 511 Å². The molecule has 3 aliphatic rings. The zero-order valence-electron chi connectivity index (χ0n) is 49.7. The largest absolute Gasteiger partial charge is 0.480 e. The van der Waals surface area contributed by atoms with Crippen LogP contribution >= 0.6 is 0 Å². The average molecular weight is 1220 g/mol. The molecule has 3 fully saturated rings. The maximum absolute atomic E-state index is 14.1. The standard InChI is InChI=1S/C66H76F3N11O7S/c1-76(2)58-16-7-15-54-53(58)14-8-17-59(54)88(84,85)75-49-13-6-12-48(40-49)55-41-71-60(73-62(55)79-30-27-52(61(79)64(82)83)46-10-4-3-5-11-46)18-9-36-86-38-39-87-37-35-77-31-33-78(34-32-77)43-45-19-21-47(22-20-45)57-44-80(50-23-25-51(81)26-24-50)63-56(57)42-72-65(74-63)70-29-28-66(67,68)69/h3-8,10-17,19-22,40-42,44,50-52,61,75,81H,9,18,23-39,43H2,1-2H3,(H,82,83)(H,70,72,74). The number of fused-ring (bicyclic) bond motifs is 2. The minimum absolute atomic E-state index is 0.112. The van der Waals surface area contributed by atoms with Crippen LogP contribution in [0.5, 0.6) is 0 Å². The SMILES string of the molecule is CN(C)c1cccc2c(S(=O)(=O)Nc3cccc(-c4cnc(CCCOCCOCCN5CCN(Cc6ccc(-c7cn(C8CCC(O)CC8)c8nc(NCCC(F)(F)F)ncc78)cc6)CC5)nc4N4CCC(c5ccccc5)C4C(=O)O)c3)cccc12. The van der Waals surface area contributed by atoms with Crippen molar-refractivity contribution in [1.82, 2.24) is 34.3 Å². The van der Waals surface area contributed by atoms with Gasteiger partial charge >= 0.3 is 12.1 Å². The van der Waals surface area contributed by atoms with Crippen LogP contribution in [0.2, 0.25) is 0 Å². The summed E-state index contributed by atoms with van der Waals surface area (Å²) in [6.07, 6.45) is 4.52. The van der Waals surface area contributed by atoms with Gasteiger partial charge in [0.15, 0.2) is 0 Å². The summed E-state index contributed by atoms with van der Waals surface area (Å²) < 4.78 is 83.8. The van der Waals surface area contributed by atoms with E-state index in [1.165, 1.54) is 5.56 Å². The van der Waals surface area contributed by atoms with Gasteiger partial charge in [-0.05, 0) is 85.0 Å². The number of anilines is 4. The summed E-state index contributed by atoms with van der Waals surface area (Å²) in [6.45, 7) is 7.38. The lowest BCUT2D eigenvalue weighted by molar-refractivity contribution is -0.138. The zero-order chi connectivity index (χ0) is 61.4. The van der Waals surface area contributed by atoms with Gasteiger partial charge in [0.05, 0.1) is 37.2 Å². The van der Waals surface area contributed by atoms with Crippen LogP contribution in [0.3, 0.4) is 0 Å². The molecule has 22 heteroatoms. The van der Waals surface area contributed by atoms with Gasteiger partial charge in [-0.25, -0.2) is 28.2 Å². The summed E-state index contributed by atoms with van der Waals surface area (Å²) >= 11 is 0. The second-order valence-electron chi connectivity index (χ2n) is 23.3. The molecule has 1 aliphatic carbocycles. The fourth-order valence-corrected chi connectivity index (χ4v) is 13.8. The highest BCUT2D eigenvalue weighted by molar-refractivity contribution is 7.93. The number of piperazine rings is 1. The average Bonchev–Trinajstić information content (AvgIpc) is 1.63. The van der Waals surface area contributed by atoms with Crippen molar-refractivity contribution in [1.29, 1.82) is 0 Å². The molecule has 0 spiro atoms. The topological polar surface area (TPSA) is 204 Å².